The van der Waals surface area contributed by atoms with Gasteiger partial charge < -0.3 is 9.15 Å². The molecule has 1 heterocycles. The second kappa shape index (κ2) is 6.20. The summed E-state index contributed by atoms with van der Waals surface area (Å²) in [5.41, 5.74) is 0.597. The van der Waals surface area contributed by atoms with Crippen LogP contribution in [0, 0.1) is 13.8 Å². The van der Waals surface area contributed by atoms with E-state index in [0.717, 1.165) is 12.1 Å². The van der Waals surface area contributed by atoms with E-state index in [1.807, 2.05) is 0 Å². The predicted molar refractivity (Wildman–Crippen MR) is 73.1 cm³/mol. The Morgan fingerprint density at radius 2 is 1.91 bits per heavy atom. The minimum absolute atomic E-state index is 0.109. The highest BCUT2D eigenvalue weighted by atomic mass is 32.2. The summed E-state index contributed by atoms with van der Waals surface area (Å²) in [6.45, 7) is 3.05. The Hall–Kier alpha value is -2.07. The Balaban J connectivity index is 2.22. The number of sulfonamides is 1. The van der Waals surface area contributed by atoms with Gasteiger partial charge in [-0.1, -0.05) is 12.1 Å². The smallest absolute Gasteiger partial charge is 0.444 e. The van der Waals surface area contributed by atoms with Crippen molar-refractivity contribution in [3.05, 3.63) is 41.6 Å². The molecule has 0 fully saturated rings. The van der Waals surface area contributed by atoms with Crippen molar-refractivity contribution in [2.75, 3.05) is 0 Å². The molecule has 0 bridgehead atoms. The number of hydrogen-bond donors (Lipinski definition) is 1. The van der Waals surface area contributed by atoms with Crippen molar-refractivity contribution in [2.24, 2.45) is 0 Å². The number of halogens is 3. The van der Waals surface area contributed by atoms with Gasteiger partial charge in [-0.05, 0) is 26.0 Å². The summed E-state index contributed by atoms with van der Waals surface area (Å²) in [5.74, 6) is -0.176. The molecule has 1 aromatic heterocycles. The fraction of sp³-hybridized carbons (Fsp3) is 0.308. The fourth-order valence-electron chi connectivity index (χ4n) is 1.73. The van der Waals surface area contributed by atoms with E-state index in [0.29, 0.717) is 11.5 Å². The molecule has 1 aromatic carbocycles. The van der Waals surface area contributed by atoms with Crippen molar-refractivity contribution < 1.29 is 30.7 Å². The molecule has 126 valence electrons. The predicted octanol–water partition coefficient (Wildman–Crippen LogP) is 2.67. The van der Waals surface area contributed by atoms with Gasteiger partial charge in [0, 0.05) is 0 Å². The van der Waals surface area contributed by atoms with Gasteiger partial charge in [0.1, 0.15) is 16.4 Å². The Labute approximate surface area is 130 Å². The van der Waals surface area contributed by atoms with Crippen LogP contribution in [0.25, 0.3) is 0 Å². The molecule has 0 amide bonds. The Kier molecular flexibility index (Phi) is 4.66. The molecule has 1 N–H and O–H groups in total. The minimum Gasteiger partial charge on any atom is -0.444 e. The third-order valence-electron chi connectivity index (χ3n) is 2.85. The molecule has 0 aliphatic heterocycles. The molecule has 0 atom stereocenters. The summed E-state index contributed by atoms with van der Waals surface area (Å²) in [4.78, 5) is 3.36. The first-order chi connectivity index (χ1) is 10.6. The number of ether oxygens (including phenoxy) is 1. The number of benzene rings is 1. The molecule has 0 aliphatic rings. The summed E-state index contributed by atoms with van der Waals surface area (Å²) in [6, 6.07) is 4.45. The van der Waals surface area contributed by atoms with Crippen molar-refractivity contribution in [3.8, 4) is 5.75 Å². The van der Waals surface area contributed by atoms with Gasteiger partial charge in [-0.2, -0.15) is 0 Å². The first-order valence-electron chi connectivity index (χ1n) is 6.36. The largest absolute Gasteiger partial charge is 0.573 e. The number of nitrogens with one attached hydrogen (secondary N) is 1. The highest BCUT2D eigenvalue weighted by molar-refractivity contribution is 7.89. The highest BCUT2D eigenvalue weighted by Crippen LogP contribution is 2.29. The van der Waals surface area contributed by atoms with E-state index in [1.165, 1.54) is 12.1 Å². The maximum Gasteiger partial charge on any atom is 0.573 e. The zero-order valence-corrected chi connectivity index (χ0v) is 13.0. The van der Waals surface area contributed by atoms with E-state index in [1.54, 1.807) is 13.8 Å². The summed E-state index contributed by atoms with van der Waals surface area (Å²) in [5, 5.41) is 0. The molecule has 0 spiro atoms. The van der Waals surface area contributed by atoms with Crippen LogP contribution in [0.3, 0.4) is 0 Å². The summed E-state index contributed by atoms with van der Waals surface area (Å²) >= 11 is 0. The molecule has 0 radical (unpaired) electrons. The van der Waals surface area contributed by atoms with Gasteiger partial charge in [0.15, 0.2) is 0 Å². The van der Waals surface area contributed by atoms with Gasteiger partial charge in [-0.15, -0.1) is 13.2 Å². The van der Waals surface area contributed by atoms with Crippen molar-refractivity contribution in [3.63, 3.8) is 0 Å². The number of para-hydroxylation sites is 1. The molecule has 23 heavy (non-hydrogen) atoms. The van der Waals surface area contributed by atoms with Crippen molar-refractivity contribution >= 4 is 10.0 Å². The lowest BCUT2D eigenvalue weighted by molar-refractivity contribution is -0.275. The Morgan fingerprint density at radius 1 is 1.26 bits per heavy atom. The van der Waals surface area contributed by atoms with Crippen LogP contribution in [0.4, 0.5) is 13.2 Å². The standard InChI is InChI=1S/C13H13F3N2O4S/c1-8-9(2)21-12(18-8)7-17-23(19,20)11-6-4-3-5-10(11)22-13(14,15)16/h3-6,17H,7H2,1-2H3. The van der Waals surface area contributed by atoms with Gasteiger partial charge in [0.25, 0.3) is 0 Å². The number of aryl methyl sites for hydroxylation is 2. The van der Waals surface area contributed by atoms with Gasteiger partial charge >= 0.3 is 6.36 Å². The summed E-state index contributed by atoms with van der Waals surface area (Å²) in [7, 11) is -4.24. The van der Waals surface area contributed by atoms with Crippen LogP contribution >= 0.6 is 0 Å². The molecule has 0 aliphatic carbocycles. The average Bonchev–Trinajstić information content (AvgIpc) is 2.74. The Morgan fingerprint density at radius 3 is 2.48 bits per heavy atom. The van der Waals surface area contributed by atoms with Gasteiger partial charge in [-0.3, -0.25) is 0 Å². The van der Waals surface area contributed by atoms with Crippen LogP contribution in [0.1, 0.15) is 17.3 Å². The first kappa shape index (κ1) is 17.3. The molecular weight excluding hydrogens is 337 g/mol. The van der Waals surface area contributed by atoms with Gasteiger partial charge in [0.05, 0.1) is 12.2 Å². The Bertz CT molecular complexity index is 780. The van der Waals surface area contributed by atoms with Crippen LogP contribution in [0.2, 0.25) is 0 Å². The molecule has 10 heteroatoms. The molecular formula is C13H13F3N2O4S. The van der Waals surface area contributed by atoms with Crippen LogP contribution in [-0.4, -0.2) is 19.8 Å². The number of rotatable bonds is 5. The maximum absolute atomic E-state index is 12.3. The number of nitrogens with zero attached hydrogens (tertiary/aromatic N) is 1. The summed E-state index contributed by atoms with van der Waals surface area (Å²) < 4.78 is 72.5. The zero-order chi connectivity index (χ0) is 17.3. The fourth-order valence-corrected chi connectivity index (χ4v) is 2.83. The van der Waals surface area contributed by atoms with E-state index in [4.69, 9.17) is 4.42 Å². The quantitative estimate of drug-likeness (QED) is 0.897. The lowest BCUT2D eigenvalue weighted by Gasteiger charge is -2.13. The van der Waals surface area contributed by atoms with Crippen LogP contribution in [0.5, 0.6) is 5.75 Å². The third-order valence-corrected chi connectivity index (χ3v) is 4.29. The number of hydrogen-bond acceptors (Lipinski definition) is 5. The van der Waals surface area contributed by atoms with Crippen LogP contribution in [0.15, 0.2) is 33.6 Å². The first-order valence-corrected chi connectivity index (χ1v) is 7.84. The normalized spacial score (nSPS) is 12.4. The highest BCUT2D eigenvalue weighted by Gasteiger charge is 2.34. The van der Waals surface area contributed by atoms with Crippen molar-refractivity contribution in [2.45, 2.75) is 31.7 Å². The lowest BCUT2D eigenvalue weighted by atomic mass is 10.3. The monoisotopic (exact) mass is 350 g/mol. The second-order valence-electron chi connectivity index (χ2n) is 4.57. The van der Waals surface area contributed by atoms with Gasteiger partial charge in [-0.25, -0.2) is 18.1 Å². The maximum atomic E-state index is 12.3. The van der Waals surface area contributed by atoms with Crippen molar-refractivity contribution in [1.29, 1.82) is 0 Å². The molecule has 0 saturated heterocycles. The number of oxazole rings is 1. The SMILES string of the molecule is Cc1nc(CNS(=O)(=O)c2ccccc2OC(F)(F)F)oc1C. The van der Waals surface area contributed by atoms with Crippen LogP contribution in [-0.2, 0) is 16.6 Å². The van der Waals surface area contributed by atoms with E-state index < -0.39 is 27.0 Å². The van der Waals surface area contributed by atoms with E-state index >= 15 is 0 Å². The number of alkyl halides is 3. The summed E-state index contributed by atoms with van der Waals surface area (Å²) in [6.07, 6.45) is -5.00. The van der Waals surface area contributed by atoms with Crippen molar-refractivity contribution in [1.82, 2.24) is 9.71 Å². The topological polar surface area (TPSA) is 81.4 Å². The average molecular weight is 350 g/mol. The lowest BCUT2D eigenvalue weighted by Crippen LogP contribution is -2.25. The van der Waals surface area contributed by atoms with E-state index in [2.05, 4.69) is 14.4 Å². The molecule has 0 saturated carbocycles. The van der Waals surface area contributed by atoms with Crippen LogP contribution < -0.4 is 9.46 Å². The molecule has 2 rings (SSSR count). The third kappa shape index (κ3) is 4.45. The molecule has 2 aromatic rings. The van der Waals surface area contributed by atoms with Gasteiger partial charge in [0.2, 0.25) is 15.9 Å². The minimum atomic E-state index is -5.00. The molecule has 6 nitrogen and oxygen atoms in total. The van der Waals surface area contributed by atoms with E-state index in [-0.39, 0.29) is 12.4 Å². The second-order valence-corrected chi connectivity index (χ2v) is 6.30. The zero-order valence-electron chi connectivity index (χ0n) is 12.1. The molecule has 0 unspecified atom stereocenters. The number of aromatic nitrogens is 1. The van der Waals surface area contributed by atoms with E-state index in [9.17, 15) is 21.6 Å².